The van der Waals surface area contributed by atoms with E-state index < -0.39 is 0 Å². The monoisotopic (exact) mass is 293 g/mol. The summed E-state index contributed by atoms with van der Waals surface area (Å²) in [6, 6.07) is 7.94. The summed E-state index contributed by atoms with van der Waals surface area (Å²) in [6.45, 7) is 1.73. The van der Waals surface area contributed by atoms with Gasteiger partial charge < -0.3 is 4.90 Å². The topological polar surface area (TPSA) is 20.3 Å². The van der Waals surface area contributed by atoms with E-state index in [9.17, 15) is 4.79 Å². The van der Waals surface area contributed by atoms with Crippen molar-refractivity contribution in [3.8, 4) is 0 Å². The second-order valence-corrected chi connectivity index (χ2v) is 6.38. The molecule has 1 aliphatic rings. The normalized spacial score (nSPS) is 16.6. The molecule has 0 aliphatic carbocycles. The first-order valence-electron chi connectivity index (χ1n) is 6.73. The van der Waals surface area contributed by atoms with E-state index in [1.54, 1.807) is 0 Å². The molecule has 100 valence electrons. The summed E-state index contributed by atoms with van der Waals surface area (Å²) in [7, 11) is 0. The Morgan fingerprint density at radius 3 is 2.47 bits per heavy atom. The van der Waals surface area contributed by atoms with E-state index in [0.717, 1.165) is 36.0 Å². The molecule has 0 N–H and O–H groups in total. The summed E-state index contributed by atoms with van der Waals surface area (Å²) in [6.07, 6.45) is 4.66. The van der Waals surface area contributed by atoms with E-state index in [1.807, 2.05) is 29.2 Å². The highest BCUT2D eigenvalue weighted by molar-refractivity contribution is 7.21. The van der Waals surface area contributed by atoms with Crippen molar-refractivity contribution in [3.63, 3.8) is 0 Å². The molecule has 0 spiro atoms. The van der Waals surface area contributed by atoms with Crippen molar-refractivity contribution in [2.75, 3.05) is 13.1 Å². The van der Waals surface area contributed by atoms with Crippen LogP contribution in [0.25, 0.3) is 10.1 Å². The number of hydrogen-bond donors (Lipinski definition) is 0. The fraction of sp³-hybridized carbons (Fsp3) is 0.400. The van der Waals surface area contributed by atoms with Crippen molar-refractivity contribution < 1.29 is 4.79 Å². The van der Waals surface area contributed by atoms with Gasteiger partial charge in [-0.05, 0) is 18.9 Å². The molecule has 4 heteroatoms. The molecule has 2 nitrogen and oxygen atoms in total. The number of carbonyl (C=O) groups excluding carboxylic acids is 1. The molecule has 1 saturated heterocycles. The van der Waals surface area contributed by atoms with Crippen LogP contribution in [0, 0.1) is 0 Å². The Bertz CT molecular complexity index is 599. The van der Waals surface area contributed by atoms with Gasteiger partial charge in [0.25, 0.3) is 5.91 Å². The Kier molecular flexibility index (Phi) is 3.76. The molecule has 0 atom stereocenters. The minimum atomic E-state index is 0.105. The number of amides is 1. The molecule has 0 bridgehead atoms. The molecule has 1 fully saturated rings. The lowest BCUT2D eigenvalue weighted by Crippen LogP contribution is -2.31. The first-order valence-corrected chi connectivity index (χ1v) is 7.93. The average Bonchev–Trinajstić information content (AvgIpc) is 2.64. The molecule has 2 aromatic rings. The van der Waals surface area contributed by atoms with E-state index in [0.29, 0.717) is 9.90 Å². The number of fused-ring (bicyclic) bond motifs is 1. The number of likely N-dealkylation sites (tertiary alicyclic amines) is 1. The molecule has 3 rings (SSSR count). The first kappa shape index (κ1) is 12.9. The molecule has 1 aliphatic heterocycles. The second kappa shape index (κ2) is 5.51. The van der Waals surface area contributed by atoms with Crippen LogP contribution in [-0.4, -0.2) is 23.9 Å². The minimum Gasteiger partial charge on any atom is -0.338 e. The molecule has 1 aromatic carbocycles. The van der Waals surface area contributed by atoms with Crippen molar-refractivity contribution in [3.05, 3.63) is 34.2 Å². The highest BCUT2D eigenvalue weighted by Gasteiger charge is 2.22. The predicted octanol–water partition coefficient (Wildman–Crippen LogP) is 4.57. The van der Waals surface area contributed by atoms with Crippen LogP contribution < -0.4 is 0 Å². The van der Waals surface area contributed by atoms with Gasteiger partial charge in [-0.25, -0.2) is 0 Å². The summed E-state index contributed by atoms with van der Waals surface area (Å²) in [4.78, 5) is 15.3. The Balaban J connectivity index is 1.94. The highest BCUT2D eigenvalue weighted by Crippen LogP contribution is 2.36. The third kappa shape index (κ3) is 2.49. The van der Waals surface area contributed by atoms with E-state index in [1.165, 1.54) is 24.2 Å². The van der Waals surface area contributed by atoms with Crippen LogP contribution in [0.5, 0.6) is 0 Å². The van der Waals surface area contributed by atoms with E-state index >= 15 is 0 Å². The molecule has 1 aromatic heterocycles. The largest absolute Gasteiger partial charge is 0.338 e. The van der Waals surface area contributed by atoms with Gasteiger partial charge >= 0.3 is 0 Å². The highest BCUT2D eigenvalue weighted by atomic mass is 35.5. The van der Waals surface area contributed by atoms with Gasteiger partial charge in [-0.3, -0.25) is 4.79 Å². The Morgan fingerprint density at radius 1 is 1.11 bits per heavy atom. The maximum absolute atomic E-state index is 12.6. The van der Waals surface area contributed by atoms with Gasteiger partial charge in [-0.1, -0.05) is 42.6 Å². The SMILES string of the molecule is O=C(c1sc2ccccc2c1Cl)N1CCCCCC1. The number of carbonyl (C=O) groups is 1. The van der Waals surface area contributed by atoms with Crippen molar-refractivity contribution in [2.24, 2.45) is 0 Å². The summed E-state index contributed by atoms with van der Waals surface area (Å²) in [5.41, 5.74) is 0. The van der Waals surface area contributed by atoms with Gasteiger partial charge in [0.2, 0.25) is 0 Å². The van der Waals surface area contributed by atoms with Crippen LogP contribution in [0.1, 0.15) is 35.4 Å². The first-order chi connectivity index (χ1) is 9.27. The number of thiophene rings is 1. The molecule has 0 saturated carbocycles. The minimum absolute atomic E-state index is 0.105. The Labute approximate surface area is 122 Å². The molecular weight excluding hydrogens is 278 g/mol. The zero-order chi connectivity index (χ0) is 13.2. The van der Waals surface area contributed by atoms with Gasteiger partial charge in [-0.15, -0.1) is 11.3 Å². The van der Waals surface area contributed by atoms with Crippen LogP contribution in [0.3, 0.4) is 0 Å². The smallest absolute Gasteiger partial charge is 0.265 e. The van der Waals surface area contributed by atoms with Crippen molar-refractivity contribution >= 4 is 38.9 Å². The van der Waals surface area contributed by atoms with Crippen molar-refractivity contribution in [2.45, 2.75) is 25.7 Å². The lowest BCUT2D eigenvalue weighted by molar-refractivity contribution is 0.0767. The lowest BCUT2D eigenvalue weighted by Gasteiger charge is -2.19. The summed E-state index contributed by atoms with van der Waals surface area (Å²) in [5, 5.41) is 1.61. The van der Waals surface area contributed by atoms with Gasteiger partial charge in [0, 0.05) is 23.2 Å². The Morgan fingerprint density at radius 2 is 1.79 bits per heavy atom. The van der Waals surface area contributed by atoms with Gasteiger partial charge in [0.15, 0.2) is 0 Å². The van der Waals surface area contributed by atoms with Crippen LogP contribution in [0.15, 0.2) is 24.3 Å². The van der Waals surface area contributed by atoms with Crippen LogP contribution in [-0.2, 0) is 0 Å². The van der Waals surface area contributed by atoms with Crippen molar-refractivity contribution in [1.29, 1.82) is 0 Å². The number of hydrogen-bond acceptors (Lipinski definition) is 2. The van der Waals surface area contributed by atoms with Crippen LogP contribution in [0.2, 0.25) is 5.02 Å². The van der Waals surface area contributed by atoms with Crippen LogP contribution >= 0.6 is 22.9 Å². The fourth-order valence-corrected chi connectivity index (χ4v) is 4.05. The Hall–Kier alpha value is -1.06. The third-order valence-corrected chi connectivity index (χ3v) is 5.29. The molecule has 2 heterocycles. The number of benzene rings is 1. The second-order valence-electron chi connectivity index (χ2n) is 4.95. The predicted molar refractivity (Wildman–Crippen MR) is 81.2 cm³/mol. The molecular formula is C15H16ClNOS. The van der Waals surface area contributed by atoms with E-state index in [2.05, 4.69) is 0 Å². The van der Waals surface area contributed by atoms with Gasteiger partial charge in [0.1, 0.15) is 4.88 Å². The third-order valence-electron chi connectivity index (χ3n) is 3.62. The van der Waals surface area contributed by atoms with Crippen molar-refractivity contribution in [1.82, 2.24) is 4.90 Å². The summed E-state index contributed by atoms with van der Waals surface area (Å²) < 4.78 is 1.09. The molecule has 1 amide bonds. The zero-order valence-electron chi connectivity index (χ0n) is 10.7. The van der Waals surface area contributed by atoms with Gasteiger partial charge in [0.05, 0.1) is 5.02 Å². The van der Waals surface area contributed by atoms with E-state index in [4.69, 9.17) is 11.6 Å². The number of rotatable bonds is 1. The molecule has 0 radical (unpaired) electrons. The summed E-state index contributed by atoms with van der Waals surface area (Å²) in [5.74, 6) is 0.105. The zero-order valence-corrected chi connectivity index (χ0v) is 12.3. The molecule has 0 unspecified atom stereocenters. The fourth-order valence-electron chi connectivity index (χ4n) is 2.57. The average molecular weight is 294 g/mol. The lowest BCUT2D eigenvalue weighted by atomic mass is 10.2. The standard InChI is InChI=1S/C15H16ClNOS/c16-13-11-7-3-4-8-12(11)19-14(13)15(18)17-9-5-1-2-6-10-17/h3-4,7-8H,1-2,5-6,9-10H2. The molecule has 19 heavy (non-hydrogen) atoms. The summed E-state index contributed by atoms with van der Waals surface area (Å²) >= 11 is 7.88. The van der Waals surface area contributed by atoms with Gasteiger partial charge in [-0.2, -0.15) is 0 Å². The maximum Gasteiger partial charge on any atom is 0.265 e. The number of nitrogens with zero attached hydrogens (tertiary/aromatic N) is 1. The van der Waals surface area contributed by atoms with E-state index in [-0.39, 0.29) is 5.91 Å². The van der Waals surface area contributed by atoms with Crippen LogP contribution in [0.4, 0.5) is 0 Å². The maximum atomic E-state index is 12.6. The quantitative estimate of drug-likeness (QED) is 0.754. The number of halogens is 1.